The maximum Gasteiger partial charge on any atom is 0.333 e. The van der Waals surface area contributed by atoms with E-state index >= 15 is 0 Å². The highest BCUT2D eigenvalue weighted by Gasteiger charge is 2.15. The normalized spacial score (nSPS) is 11.8. The predicted octanol–water partition coefficient (Wildman–Crippen LogP) is 6.08. The molecule has 0 N–H and O–H groups in total. The van der Waals surface area contributed by atoms with E-state index in [1.807, 2.05) is 30.3 Å². The number of hydrogen-bond donors (Lipinski definition) is 0. The Morgan fingerprint density at radius 1 is 1.00 bits per heavy atom. The number of ether oxygens (including phenoxy) is 2. The molecule has 140 valence electrons. The van der Waals surface area contributed by atoms with E-state index in [4.69, 9.17) is 9.47 Å². The number of esters is 1. The predicted molar refractivity (Wildman–Crippen MR) is 104 cm³/mol. The van der Waals surface area contributed by atoms with Crippen LogP contribution in [0.3, 0.4) is 0 Å². The molecule has 0 saturated heterocycles. The number of carbonyl (C=O) groups excluding carboxylic acids is 1. The lowest BCUT2D eigenvalue weighted by Gasteiger charge is -2.18. The number of para-hydroxylation sites is 1. The van der Waals surface area contributed by atoms with Gasteiger partial charge in [-0.15, -0.1) is 0 Å². The monoisotopic (exact) mass is 346 g/mol. The molecule has 0 saturated carbocycles. The summed E-state index contributed by atoms with van der Waals surface area (Å²) in [6.07, 6.45) is 10.3. The highest BCUT2D eigenvalue weighted by atomic mass is 16.5. The third kappa shape index (κ3) is 10.6. The van der Waals surface area contributed by atoms with Crippen molar-refractivity contribution in [3.05, 3.63) is 42.5 Å². The summed E-state index contributed by atoms with van der Waals surface area (Å²) < 4.78 is 11.3. The first-order chi connectivity index (χ1) is 12.1. The first-order valence-electron chi connectivity index (χ1n) is 9.67. The first kappa shape index (κ1) is 21.3. The van der Waals surface area contributed by atoms with Crippen LogP contribution >= 0.6 is 0 Å². The summed E-state index contributed by atoms with van der Waals surface area (Å²) in [7, 11) is 0. The van der Waals surface area contributed by atoms with Gasteiger partial charge in [-0.1, -0.05) is 70.2 Å². The molecule has 0 fully saturated rings. The highest BCUT2D eigenvalue weighted by Crippen LogP contribution is 2.16. The molecule has 0 aliphatic rings. The van der Waals surface area contributed by atoms with Crippen molar-refractivity contribution in [1.29, 1.82) is 0 Å². The first-order valence-corrected chi connectivity index (χ1v) is 9.67. The molecule has 3 nitrogen and oxygen atoms in total. The molecule has 0 aromatic heterocycles. The average molecular weight is 347 g/mol. The van der Waals surface area contributed by atoms with Crippen LogP contribution in [0, 0.1) is 0 Å². The Balaban J connectivity index is 2.30. The summed E-state index contributed by atoms with van der Waals surface area (Å²) in [4.78, 5) is 11.8. The van der Waals surface area contributed by atoms with E-state index in [0.29, 0.717) is 18.6 Å². The number of unbranched alkanes of at least 4 members (excludes halogenated alkanes) is 6. The number of rotatable bonds is 14. The SMILES string of the molecule is C=C(C)C(=O)OC(CCCCCCCCC)CCOc1ccccc1. The van der Waals surface area contributed by atoms with Gasteiger partial charge in [-0.3, -0.25) is 0 Å². The Labute approximate surface area is 153 Å². The Hall–Kier alpha value is -1.77. The van der Waals surface area contributed by atoms with E-state index in [-0.39, 0.29) is 12.1 Å². The van der Waals surface area contributed by atoms with Crippen LogP contribution < -0.4 is 4.74 Å². The fourth-order valence-corrected chi connectivity index (χ4v) is 2.67. The van der Waals surface area contributed by atoms with Crippen molar-refractivity contribution in [2.45, 2.75) is 77.7 Å². The molecule has 3 heteroatoms. The van der Waals surface area contributed by atoms with Crippen LogP contribution in [-0.4, -0.2) is 18.7 Å². The minimum atomic E-state index is -0.298. The smallest absolute Gasteiger partial charge is 0.333 e. The third-order valence-electron chi connectivity index (χ3n) is 4.20. The van der Waals surface area contributed by atoms with E-state index in [0.717, 1.165) is 18.6 Å². The quantitative estimate of drug-likeness (QED) is 0.232. The highest BCUT2D eigenvalue weighted by molar-refractivity contribution is 5.87. The summed E-state index contributed by atoms with van der Waals surface area (Å²) in [5.41, 5.74) is 0.452. The molecule has 1 atom stereocenters. The fraction of sp³-hybridized carbons (Fsp3) is 0.591. The second kappa shape index (κ2) is 13.5. The Kier molecular flexibility index (Phi) is 11.5. The zero-order valence-electron chi connectivity index (χ0n) is 16.0. The van der Waals surface area contributed by atoms with Gasteiger partial charge in [0.2, 0.25) is 0 Å². The summed E-state index contributed by atoms with van der Waals surface area (Å²) in [5, 5.41) is 0. The molecule has 25 heavy (non-hydrogen) atoms. The van der Waals surface area contributed by atoms with Crippen LogP contribution in [0.2, 0.25) is 0 Å². The van der Waals surface area contributed by atoms with Crippen molar-refractivity contribution >= 4 is 5.97 Å². The van der Waals surface area contributed by atoms with Gasteiger partial charge >= 0.3 is 5.97 Å². The van der Waals surface area contributed by atoms with Gasteiger partial charge in [0.15, 0.2) is 0 Å². The van der Waals surface area contributed by atoms with Gasteiger partial charge in [0.25, 0.3) is 0 Å². The largest absolute Gasteiger partial charge is 0.493 e. The number of carbonyl (C=O) groups is 1. The van der Waals surface area contributed by atoms with E-state index in [2.05, 4.69) is 13.5 Å². The van der Waals surface area contributed by atoms with Crippen molar-refractivity contribution in [3.8, 4) is 5.75 Å². The average Bonchev–Trinajstić information content (AvgIpc) is 2.61. The lowest BCUT2D eigenvalue weighted by Crippen LogP contribution is -2.21. The van der Waals surface area contributed by atoms with Crippen molar-refractivity contribution in [1.82, 2.24) is 0 Å². The van der Waals surface area contributed by atoms with Gasteiger partial charge in [0.1, 0.15) is 11.9 Å². The van der Waals surface area contributed by atoms with E-state index in [9.17, 15) is 4.79 Å². The molecule has 0 aliphatic heterocycles. The van der Waals surface area contributed by atoms with Crippen molar-refractivity contribution in [3.63, 3.8) is 0 Å². The van der Waals surface area contributed by atoms with Crippen molar-refractivity contribution < 1.29 is 14.3 Å². The second-order valence-corrected chi connectivity index (χ2v) is 6.67. The molecular weight excluding hydrogens is 312 g/mol. The van der Waals surface area contributed by atoms with Crippen molar-refractivity contribution in [2.24, 2.45) is 0 Å². The standard InChI is InChI=1S/C22H34O3/c1-4-5-6-7-8-9-11-16-21(25-22(23)19(2)3)17-18-24-20-14-12-10-13-15-20/h10,12-15,21H,2,4-9,11,16-18H2,1,3H3. The zero-order chi connectivity index (χ0) is 18.3. The lowest BCUT2D eigenvalue weighted by atomic mass is 10.0. The molecule has 0 spiro atoms. The van der Waals surface area contributed by atoms with Crippen LogP contribution in [-0.2, 0) is 9.53 Å². The molecular formula is C22H34O3. The van der Waals surface area contributed by atoms with Gasteiger partial charge in [0.05, 0.1) is 6.61 Å². The summed E-state index contributed by atoms with van der Waals surface area (Å²) >= 11 is 0. The third-order valence-corrected chi connectivity index (χ3v) is 4.20. The van der Waals surface area contributed by atoms with E-state index < -0.39 is 0 Å². The summed E-state index contributed by atoms with van der Waals surface area (Å²) in [6, 6.07) is 9.74. The Bertz CT molecular complexity index is 481. The molecule has 1 aromatic rings. The molecule has 1 aromatic carbocycles. The maximum atomic E-state index is 11.8. The molecule has 0 heterocycles. The zero-order valence-corrected chi connectivity index (χ0v) is 16.0. The van der Waals surface area contributed by atoms with Crippen LogP contribution in [0.15, 0.2) is 42.5 Å². The minimum absolute atomic E-state index is 0.0939. The van der Waals surface area contributed by atoms with E-state index in [1.54, 1.807) is 6.92 Å². The molecule has 0 bridgehead atoms. The maximum absolute atomic E-state index is 11.8. The number of hydrogen-bond acceptors (Lipinski definition) is 3. The Morgan fingerprint density at radius 3 is 2.28 bits per heavy atom. The van der Waals surface area contributed by atoms with Gasteiger partial charge in [-0.05, 0) is 31.9 Å². The summed E-state index contributed by atoms with van der Waals surface area (Å²) in [5.74, 6) is 0.552. The lowest BCUT2D eigenvalue weighted by molar-refractivity contribution is -0.145. The topological polar surface area (TPSA) is 35.5 Å². The second-order valence-electron chi connectivity index (χ2n) is 6.67. The minimum Gasteiger partial charge on any atom is -0.493 e. The van der Waals surface area contributed by atoms with Crippen LogP contribution in [0.4, 0.5) is 0 Å². The molecule has 1 rings (SSSR count). The molecule has 0 radical (unpaired) electrons. The van der Waals surface area contributed by atoms with Gasteiger partial charge in [0, 0.05) is 12.0 Å². The fourth-order valence-electron chi connectivity index (χ4n) is 2.67. The molecule has 0 amide bonds. The molecule has 0 aliphatic carbocycles. The van der Waals surface area contributed by atoms with Crippen LogP contribution in [0.5, 0.6) is 5.75 Å². The van der Waals surface area contributed by atoms with Crippen molar-refractivity contribution in [2.75, 3.05) is 6.61 Å². The van der Waals surface area contributed by atoms with E-state index in [1.165, 1.54) is 38.5 Å². The summed E-state index contributed by atoms with van der Waals surface area (Å²) in [6.45, 7) is 8.14. The number of benzene rings is 1. The van der Waals surface area contributed by atoms with Gasteiger partial charge in [-0.25, -0.2) is 4.79 Å². The van der Waals surface area contributed by atoms with Crippen LogP contribution in [0.1, 0.15) is 71.6 Å². The van der Waals surface area contributed by atoms with Crippen LogP contribution in [0.25, 0.3) is 0 Å². The van der Waals surface area contributed by atoms with Gasteiger partial charge < -0.3 is 9.47 Å². The Morgan fingerprint density at radius 2 is 1.64 bits per heavy atom. The molecule has 1 unspecified atom stereocenters. The van der Waals surface area contributed by atoms with Gasteiger partial charge in [-0.2, -0.15) is 0 Å².